The molecule has 1 aromatic heterocycles. The molecule has 3 aromatic rings. The van der Waals surface area contributed by atoms with E-state index in [0.717, 1.165) is 31.7 Å². The van der Waals surface area contributed by atoms with E-state index in [-0.39, 0.29) is 5.91 Å². The Balaban J connectivity index is 1.24. The van der Waals surface area contributed by atoms with Gasteiger partial charge in [0.15, 0.2) is 0 Å². The third-order valence-corrected chi connectivity index (χ3v) is 5.31. The van der Waals surface area contributed by atoms with Crippen LogP contribution in [-0.4, -0.2) is 58.6 Å². The molecule has 0 bridgehead atoms. The van der Waals surface area contributed by atoms with Gasteiger partial charge in [-0.1, -0.05) is 52.7 Å². The molecule has 1 aliphatic heterocycles. The molecule has 8 heteroatoms. The van der Waals surface area contributed by atoms with Crippen LogP contribution in [0.1, 0.15) is 11.5 Å². The van der Waals surface area contributed by atoms with Crippen LogP contribution >= 0.6 is 11.6 Å². The number of benzene rings is 2. The number of nitrogens with zero attached hydrogens (tertiary/aromatic N) is 4. The predicted octanol–water partition coefficient (Wildman–Crippen LogP) is 3.45. The molecular formula is C22H24ClN5O2. The Bertz CT molecular complexity index is 997. The normalized spacial score (nSPS) is 15.3. The Morgan fingerprint density at radius 3 is 2.57 bits per heavy atom. The van der Waals surface area contributed by atoms with E-state index >= 15 is 0 Å². The van der Waals surface area contributed by atoms with E-state index in [1.54, 1.807) is 12.1 Å². The lowest BCUT2D eigenvalue weighted by Gasteiger charge is -2.33. The summed E-state index contributed by atoms with van der Waals surface area (Å²) in [6.07, 6.45) is 0. The van der Waals surface area contributed by atoms with E-state index in [4.69, 9.17) is 16.1 Å². The van der Waals surface area contributed by atoms with Gasteiger partial charge in [0.05, 0.1) is 13.1 Å². The molecule has 1 fully saturated rings. The molecule has 30 heavy (non-hydrogen) atoms. The molecule has 156 valence electrons. The van der Waals surface area contributed by atoms with E-state index < -0.39 is 0 Å². The quantitative estimate of drug-likeness (QED) is 0.652. The second kappa shape index (κ2) is 9.38. The van der Waals surface area contributed by atoms with Gasteiger partial charge in [-0.2, -0.15) is 4.98 Å². The molecule has 7 nitrogen and oxygen atoms in total. The Kier molecular flexibility index (Phi) is 6.42. The van der Waals surface area contributed by atoms with Crippen LogP contribution in [0.3, 0.4) is 0 Å². The lowest BCUT2D eigenvalue weighted by molar-refractivity contribution is -0.117. The molecule has 0 aliphatic carbocycles. The van der Waals surface area contributed by atoms with Crippen molar-refractivity contribution in [2.75, 3.05) is 38.0 Å². The fraction of sp³-hybridized carbons (Fsp3) is 0.318. The van der Waals surface area contributed by atoms with Crippen LogP contribution in [0, 0.1) is 6.92 Å². The molecule has 1 saturated heterocycles. The van der Waals surface area contributed by atoms with Gasteiger partial charge in [-0.05, 0) is 25.1 Å². The summed E-state index contributed by atoms with van der Waals surface area (Å²) in [7, 11) is 0. The number of nitrogens with one attached hydrogen (secondary N) is 1. The average Bonchev–Trinajstić information content (AvgIpc) is 3.18. The lowest BCUT2D eigenvalue weighted by Crippen LogP contribution is -2.48. The summed E-state index contributed by atoms with van der Waals surface area (Å²) < 4.78 is 5.43. The molecular weight excluding hydrogens is 402 g/mol. The van der Waals surface area contributed by atoms with Crippen LogP contribution in [0.2, 0.25) is 5.02 Å². The monoisotopic (exact) mass is 425 g/mol. The minimum absolute atomic E-state index is 0.0367. The minimum atomic E-state index is -0.0367. The third kappa shape index (κ3) is 5.44. The highest BCUT2D eigenvalue weighted by atomic mass is 35.5. The zero-order valence-corrected chi connectivity index (χ0v) is 17.6. The summed E-state index contributed by atoms with van der Waals surface area (Å²) in [6.45, 7) is 6.31. The van der Waals surface area contributed by atoms with Crippen molar-refractivity contribution in [2.45, 2.75) is 13.5 Å². The maximum absolute atomic E-state index is 12.3. The average molecular weight is 426 g/mol. The number of aromatic nitrogens is 2. The number of piperazine rings is 1. The SMILES string of the molecule is Cc1ccc(-c2noc(CN3CCN(CC(=O)Nc4cccc(Cl)c4)CC3)n2)cc1. The van der Waals surface area contributed by atoms with E-state index in [2.05, 4.69) is 25.3 Å². The lowest BCUT2D eigenvalue weighted by atomic mass is 10.1. The first-order valence-electron chi connectivity index (χ1n) is 9.95. The number of hydrogen-bond acceptors (Lipinski definition) is 6. The number of amides is 1. The van der Waals surface area contributed by atoms with Crippen molar-refractivity contribution in [2.24, 2.45) is 0 Å². The molecule has 2 aromatic carbocycles. The van der Waals surface area contributed by atoms with Crippen molar-refractivity contribution in [3.8, 4) is 11.4 Å². The molecule has 0 saturated carbocycles. The van der Waals surface area contributed by atoms with E-state index in [1.165, 1.54) is 5.56 Å². The Morgan fingerprint density at radius 1 is 1.10 bits per heavy atom. The van der Waals surface area contributed by atoms with Crippen LogP contribution in [-0.2, 0) is 11.3 Å². The van der Waals surface area contributed by atoms with E-state index in [0.29, 0.717) is 35.5 Å². The van der Waals surface area contributed by atoms with Crippen molar-refractivity contribution < 1.29 is 9.32 Å². The van der Waals surface area contributed by atoms with Crippen LogP contribution < -0.4 is 5.32 Å². The minimum Gasteiger partial charge on any atom is -0.338 e. The fourth-order valence-electron chi connectivity index (χ4n) is 3.41. The molecule has 1 aliphatic rings. The summed E-state index contributed by atoms with van der Waals surface area (Å²) in [5.41, 5.74) is 2.86. The number of hydrogen-bond donors (Lipinski definition) is 1. The van der Waals surface area contributed by atoms with Gasteiger partial charge in [-0.3, -0.25) is 14.6 Å². The molecule has 1 N–H and O–H groups in total. The highest BCUT2D eigenvalue weighted by Crippen LogP contribution is 2.18. The standard InChI is InChI=1S/C22H24ClN5O2/c1-16-5-7-17(8-6-16)22-25-21(30-26-22)15-28-11-9-27(10-12-28)14-20(29)24-19-4-2-3-18(23)13-19/h2-8,13H,9-12,14-15H2,1H3,(H,24,29). The molecule has 1 amide bonds. The molecule has 4 rings (SSSR count). The molecule has 0 unspecified atom stereocenters. The highest BCUT2D eigenvalue weighted by molar-refractivity contribution is 6.30. The second-order valence-electron chi connectivity index (χ2n) is 7.49. The Labute approximate surface area is 180 Å². The topological polar surface area (TPSA) is 74.5 Å². The van der Waals surface area contributed by atoms with Crippen LogP contribution in [0.15, 0.2) is 53.1 Å². The van der Waals surface area contributed by atoms with Gasteiger partial charge in [-0.25, -0.2) is 0 Å². The maximum Gasteiger partial charge on any atom is 0.241 e. The second-order valence-corrected chi connectivity index (χ2v) is 7.93. The summed E-state index contributed by atoms with van der Waals surface area (Å²) in [5, 5.41) is 7.59. The van der Waals surface area contributed by atoms with Crippen molar-refractivity contribution >= 4 is 23.2 Å². The fourth-order valence-corrected chi connectivity index (χ4v) is 3.60. The van der Waals surface area contributed by atoms with Crippen LogP contribution in [0.4, 0.5) is 5.69 Å². The summed E-state index contributed by atoms with van der Waals surface area (Å²) >= 11 is 5.96. The van der Waals surface area contributed by atoms with Gasteiger partial charge in [0, 0.05) is 42.5 Å². The number of aryl methyl sites for hydroxylation is 1. The van der Waals surface area contributed by atoms with Gasteiger partial charge in [0.1, 0.15) is 0 Å². The first kappa shape index (κ1) is 20.5. The summed E-state index contributed by atoms with van der Waals surface area (Å²) in [6, 6.07) is 15.2. The Morgan fingerprint density at radius 2 is 1.83 bits per heavy atom. The van der Waals surface area contributed by atoms with Gasteiger partial charge in [0.25, 0.3) is 0 Å². The number of carbonyl (C=O) groups is 1. The van der Waals surface area contributed by atoms with Gasteiger partial charge >= 0.3 is 0 Å². The third-order valence-electron chi connectivity index (χ3n) is 5.08. The van der Waals surface area contributed by atoms with Gasteiger partial charge < -0.3 is 9.84 Å². The summed E-state index contributed by atoms with van der Waals surface area (Å²) in [5.74, 6) is 1.18. The largest absolute Gasteiger partial charge is 0.338 e. The smallest absolute Gasteiger partial charge is 0.241 e. The number of carbonyl (C=O) groups excluding carboxylic acids is 1. The molecule has 2 heterocycles. The first-order valence-corrected chi connectivity index (χ1v) is 10.3. The molecule has 0 radical (unpaired) electrons. The van der Waals surface area contributed by atoms with Crippen molar-refractivity contribution in [1.82, 2.24) is 19.9 Å². The number of rotatable bonds is 6. The zero-order valence-electron chi connectivity index (χ0n) is 16.8. The summed E-state index contributed by atoms with van der Waals surface area (Å²) in [4.78, 5) is 21.2. The number of halogens is 1. The van der Waals surface area contributed by atoms with Crippen LogP contribution in [0.25, 0.3) is 11.4 Å². The van der Waals surface area contributed by atoms with Gasteiger partial charge in [0.2, 0.25) is 17.6 Å². The van der Waals surface area contributed by atoms with Crippen molar-refractivity contribution in [1.29, 1.82) is 0 Å². The van der Waals surface area contributed by atoms with E-state index in [1.807, 2.05) is 43.3 Å². The zero-order chi connectivity index (χ0) is 20.9. The van der Waals surface area contributed by atoms with Crippen LogP contribution in [0.5, 0.6) is 0 Å². The maximum atomic E-state index is 12.3. The van der Waals surface area contributed by atoms with E-state index in [9.17, 15) is 4.79 Å². The molecule has 0 spiro atoms. The van der Waals surface area contributed by atoms with Crippen molar-refractivity contribution in [3.63, 3.8) is 0 Å². The molecule has 0 atom stereocenters. The van der Waals surface area contributed by atoms with Crippen molar-refractivity contribution in [3.05, 3.63) is 65.0 Å². The Hall–Kier alpha value is -2.74. The van der Waals surface area contributed by atoms with Gasteiger partial charge in [-0.15, -0.1) is 0 Å². The highest BCUT2D eigenvalue weighted by Gasteiger charge is 2.21. The first-order chi connectivity index (χ1) is 14.5. The number of anilines is 1. The predicted molar refractivity (Wildman–Crippen MR) is 116 cm³/mol.